The van der Waals surface area contributed by atoms with Gasteiger partial charge in [-0.2, -0.15) is 0 Å². The van der Waals surface area contributed by atoms with Crippen molar-refractivity contribution in [3.63, 3.8) is 0 Å². The van der Waals surface area contributed by atoms with Gasteiger partial charge in [-0.3, -0.25) is 14.4 Å². The predicted octanol–water partition coefficient (Wildman–Crippen LogP) is 17.7. The lowest BCUT2D eigenvalue weighted by Crippen LogP contribution is -2.30. The molecule has 0 aliphatic heterocycles. The monoisotopic (exact) mass is 871 g/mol. The first kappa shape index (κ1) is 59.6. The smallest absolute Gasteiger partial charge is 0.306 e. The number of allylic oxidation sites excluding steroid dienone is 6. The molecule has 0 N–H and O–H groups in total. The molecule has 0 aliphatic rings. The fourth-order valence-electron chi connectivity index (χ4n) is 7.80. The van der Waals surface area contributed by atoms with Crippen LogP contribution in [0.25, 0.3) is 0 Å². The van der Waals surface area contributed by atoms with Crippen LogP contribution in [-0.4, -0.2) is 37.2 Å². The van der Waals surface area contributed by atoms with Crippen LogP contribution in [0, 0.1) is 0 Å². The summed E-state index contributed by atoms with van der Waals surface area (Å²) in [5.74, 6) is -0.879. The van der Waals surface area contributed by atoms with Crippen LogP contribution in [0.5, 0.6) is 0 Å². The summed E-state index contributed by atoms with van der Waals surface area (Å²) in [6, 6.07) is 0. The molecule has 1 atom stereocenters. The van der Waals surface area contributed by atoms with E-state index < -0.39 is 6.10 Å². The Morgan fingerprint density at radius 1 is 0.323 bits per heavy atom. The van der Waals surface area contributed by atoms with Crippen LogP contribution in [0.2, 0.25) is 0 Å². The zero-order chi connectivity index (χ0) is 45.1. The summed E-state index contributed by atoms with van der Waals surface area (Å²) in [6.45, 7) is 6.59. The van der Waals surface area contributed by atoms with Crippen LogP contribution < -0.4 is 0 Å². The van der Waals surface area contributed by atoms with Crippen LogP contribution >= 0.6 is 0 Å². The van der Waals surface area contributed by atoms with Crippen LogP contribution in [0.15, 0.2) is 36.5 Å². The molecule has 0 saturated heterocycles. The molecule has 0 rings (SSSR count). The van der Waals surface area contributed by atoms with E-state index in [2.05, 4.69) is 57.2 Å². The molecule has 1 unspecified atom stereocenters. The van der Waals surface area contributed by atoms with Crippen LogP contribution in [0.3, 0.4) is 0 Å². The number of hydrogen-bond acceptors (Lipinski definition) is 6. The molecule has 0 aromatic rings. The zero-order valence-electron chi connectivity index (χ0n) is 41.4. The minimum atomic E-state index is -0.771. The lowest BCUT2D eigenvalue weighted by molar-refractivity contribution is -0.167. The number of carbonyl (C=O) groups excluding carboxylic acids is 3. The number of hydrogen-bond donors (Lipinski definition) is 0. The van der Waals surface area contributed by atoms with Gasteiger partial charge in [0.2, 0.25) is 0 Å². The van der Waals surface area contributed by atoms with Crippen LogP contribution in [-0.2, 0) is 28.6 Å². The van der Waals surface area contributed by atoms with E-state index in [1.165, 1.54) is 167 Å². The molecule has 0 radical (unpaired) electrons. The van der Waals surface area contributed by atoms with Crippen LogP contribution in [0.1, 0.15) is 284 Å². The third-order valence-corrected chi connectivity index (χ3v) is 11.9. The molecule has 62 heavy (non-hydrogen) atoms. The van der Waals surface area contributed by atoms with Gasteiger partial charge in [-0.05, 0) is 57.8 Å². The Labute approximate surface area is 385 Å². The van der Waals surface area contributed by atoms with E-state index in [-0.39, 0.29) is 31.1 Å². The highest BCUT2D eigenvalue weighted by Gasteiger charge is 2.19. The van der Waals surface area contributed by atoms with E-state index in [0.717, 1.165) is 77.0 Å². The van der Waals surface area contributed by atoms with Crippen molar-refractivity contribution in [1.82, 2.24) is 0 Å². The highest BCUT2D eigenvalue weighted by atomic mass is 16.6. The molecule has 0 aromatic carbocycles. The average Bonchev–Trinajstić information content (AvgIpc) is 3.27. The second-order valence-electron chi connectivity index (χ2n) is 18.2. The molecule has 0 spiro atoms. The Balaban J connectivity index is 4.23. The number of rotatable bonds is 49. The fraction of sp³-hybridized carbons (Fsp3) is 0.839. The van der Waals surface area contributed by atoms with Gasteiger partial charge in [0.15, 0.2) is 6.10 Å². The van der Waals surface area contributed by atoms with Gasteiger partial charge in [0.1, 0.15) is 13.2 Å². The molecule has 0 bridgehead atoms. The number of unbranched alkanes of at least 4 members (excludes halogenated alkanes) is 32. The van der Waals surface area contributed by atoms with Gasteiger partial charge in [-0.15, -0.1) is 0 Å². The molecule has 6 heteroatoms. The van der Waals surface area contributed by atoms with E-state index in [0.29, 0.717) is 19.3 Å². The van der Waals surface area contributed by atoms with Gasteiger partial charge >= 0.3 is 17.9 Å². The topological polar surface area (TPSA) is 78.9 Å². The molecule has 0 aromatic heterocycles. The Hall–Kier alpha value is -2.37. The molecular formula is C56H102O6. The predicted molar refractivity (Wildman–Crippen MR) is 266 cm³/mol. The first-order valence-corrected chi connectivity index (χ1v) is 27.0. The van der Waals surface area contributed by atoms with Crippen LogP contribution in [0.4, 0.5) is 0 Å². The summed E-state index contributed by atoms with van der Waals surface area (Å²) in [7, 11) is 0. The van der Waals surface area contributed by atoms with Gasteiger partial charge in [0, 0.05) is 19.3 Å². The van der Waals surface area contributed by atoms with Gasteiger partial charge in [0.05, 0.1) is 0 Å². The molecule has 0 saturated carbocycles. The van der Waals surface area contributed by atoms with Crippen molar-refractivity contribution in [1.29, 1.82) is 0 Å². The lowest BCUT2D eigenvalue weighted by Gasteiger charge is -2.18. The van der Waals surface area contributed by atoms with Crippen molar-refractivity contribution in [3.05, 3.63) is 36.5 Å². The molecule has 6 nitrogen and oxygen atoms in total. The molecule has 0 aliphatic carbocycles. The summed E-state index contributed by atoms with van der Waals surface area (Å²) in [5, 5.41) is 0. The summed E-state index contributed by atoms with van der Waals surface area (Å²) in [6.07, 6.45) is 60.0. The standard InChI is InChI=1S/C56H102O6/c1-4-7-10-13-16-18-20-22-24-26-28-30-31-33-35-37-40-43-46-49-55(58)61-52-53(51-60-54(57)48-45-42-39-15-12-9-6-3)62-56(59)50-47-44-41-38-36-34-32-29-27-25-23-21-19-17-14-11-8-5-2/h16,18,22,24,28,30,53H,4-15,17,19-21,23,25-27,29,31-52H2,1-3H3/b18-16-,24-22-,30-28-. The van der Waals surface area contributed by atoms with Crippen molar-refractivity contribution in [2.45, 2.75) is 290 Å². The second kappa shape index (κ2) is 51.3. The number of ether oxygens (including phenoxy) is 3. The Morgan fingerprint density at radius 3 is 0.935 bits per heavy atom. The molecular weight excluding hydrogens is 769 g/mol. The number of esters is 3. The minimum absolute atomic E-state index is 0.0732. The van der Waals surface area contributed by atoms with Crippen molar-refractivity contribution >= 4 is 17.9 Å². The quantitative estimate of drug-likeness (QED) is 0.0262. The van der Waals surface area contributed by atoms with Gasteiger partial charge in [-0.1, -0.05) is 243 Å². The van der Waals surface area contributed by atoms with Gasteiger partial charge in [0.25, 0.3) is 0 Å². The zero-order valence-corrected chi connectivity index (χ0v) is 41.4. The Bertz CT molecular complexity index is 1050. The summed E-state index contributed by atoms with van der Waals surface area (Å²) in [4.78, 5) is 37.9. The highest BCUT2D eigenvalue weighted by Crippen LogP contribution is 2.16. The summed E-state index contributed by atoms with van der Waals surface area (Å²) in [5.41, 5.74) is 0. The van der Waals surface area contributed by atoms with Crippen molar-refractivity contribution < 1.29 is 28.6 Å². The van der Waals surface area contributed by atoms with Gasteiger partial charge in [-0.25, -0.2) is 0 Å². The largest absolute Gasteiger partial charge is 0.462 e. The SMILES string of the molecule is CCCCC/C=C\C/C=C\C/C=C\CCCCCCCCC(=O)OCC(COC(=O)CCCCCCCCC)OC(=O)CCCCCCCCCCCCCCCCCCCC. The maximum atomic E-state index is 12.8. The van der Waals surface area contributed by atoms with E-state index in [1.807, 2.05) is 0 Å². The van der Waals surface area contributed by atoms with E-state index in [9.17, 15) is 14.4 Å². The molecule has 0 heterocycles. The average molecular weight is 871 g/mol. The van der Waals surface area contributed by atoms with Crippen molar-refractivity contribution in [2.24, 2.45) is 0 Å². The first-order valence-electron chi connectivity index (χ1n) is 27.0. The third kappa shape index (κ3) is 48.7. The fourth-order valence-corrected chi connectivity index (χ4v) is 7.80. The van der Waals surface area contributed by atoms with E-state index in [4.69, 9.17) is 14.2 Å². The van der Waals surface area contributed by atoms with E-state index >= 15 is 0 Å². The normalized spacial score (nSPS) is 12.2. The molecule has 362 valence electrons. The lowest BCUT2D eigenvalue weighted by atomic mass is 10.0. The highest BCUT2D eigenvalue weighted by molar-refractivity contribution is 5.71. The maximum absolute atomic E-state index is 12.8. The molecule has 0 amide bonds. The Kier molecular flexibility index (Phi) is 49.3. The van der Waals surface area contributed by atoms with Gasteiger partial charge < -0.3 is 14.2 Å². The Morgan fingerprint density at radius 2 is 0.581 bits per heavy atom. The van der Waals surface area contributed by atoms with Crippen molar-refractivity contribution in [3.8, 4) is 0 Å². The summed E-state index contributed by atoms with van der Waals surface area (Å²) < 4.78 is 16.8. The second-order valence-corrected chi connectivity index (χ2v) is 18.2. The minimum Gasteiger partial charge on any atom is -0.462 e. The molecule has 0 fully saturated rings. The number of carbonyl (C=O) groups is 3. The maximum Gasteiger partial charge on any atom is 0.306 e. The van der Waals surface area contributed by atoms with E-state index in [1.54, 1.807) is 0 Å². The van der Waals surface area contributed by atoms with Crippen molar-refractivity contribution in [2.75, 3.05) is 13.2 Å². The third-order valence-electron chi connectivity index (χ3n) is 11.9. The first-order chi connectivity index (χ1) is 30.5. The summed E-state index contributed by atoms with van der Waals surface area (Å²) >= 11 is 0.